The van der Waals surface area contributed by atoms with Gasteiger partial charge < -0.3 is 0 Å². The Bertz CT molecular complexity index is 132. The molecule has 12 heavy (non-hydrogen) atoms. The maximum Gasteiger partial charge on any atom is 0.185 e. The summed E-state index contributed by atoms with van der Waals surface area (Å²) in [6, 6.07) is 0. The van der Waals surface area contributed by atoms with Crippen LogP contribution in [0.15, 0.2) is 0 Å². The van der Waals surface area contributed by atoms with E-state index in [2.05, 4.69) is 20.8 Å². The molecular formula is C10H20OS. The zero-order valence-corrected chi connectivity index (χ0v) is 9.41. The molecule has 0 radical (unpaired) electrons. The SMILES string of the molecule is CC(=O)SCC(C)CCC(C)C. The van der Waals surface area contributed by atoms with Crippen LogP contribution in [0.1, 0.15) is 40.5 Å². The minimum absolute atomic E-state index is 0.242. The molecule has 0 fully saturated rings. The highest BCUT2D eigenvalue weighted by Crippen LogP contribution is 2.16. The fraction of sp³-hybridized carbons (Fsp3) is 0.900. The molecule has 0 bridgehead atoms. The molecule has 2 heteroatoms. The molecule has 1 nitrogen and oxygen atoms in total. The van der Waals surface area contributed by atoms with Crippen LogP contribution in [0.3, 0.4) is 0 Å². The summed E-state index contributed by atoms with van der Waals surface area (Å²) in [5.74, 6) is 2.46. The Labute approximate surface area is 80.3 Å². The highest BCUT2D eigenvalue weighted by molar-refractivity contribution is 8.13. The molecule has 0 aliphatic heterocycles. The first-order chi connectivity index (χ1) is 5.52. The Morgan fingerprint density at radius 1 is 1.25 bits per heavy atom. The molecule has 0 heterocycles. The number of hydrogen-bond donors (Lipinski definition) is 0. The molecule has 0 N–H and O–H groups in total. The molecule has 72 valence electrons. The maximum absolute atomic E-state index is 10.6. The van der Waals surface area contributed by atoms with Gasteiger partial charge in [0.05, 0.1) is 0 Å². The summed E-state index contributed by atoms with van der Waals surface area (Å²) in [5.41, 5.74) is 0. The van der Waals surface area contributed by atoms with Crippen molar-refractivity contribution in [3.05, 3.63) is 0 Å². The molecule has 0 amide bonds. The van der Waals surface area contributed by atoms with Crippen LogP contribution in [0.25, 0.3) is 0 Å². The average Bonchev–Trinajstić information content (AvgIpc) is 1.96. The van der Waals surface area contributed by atoms with Crippen LogP contribution in [0.5, 0.6) is 0 Å². The third-order valence-corrected chi connectivity index (χ3v) is 2.95. The number of carbonyl (C=O) groups is 1. The van der Waals surface area contributed by atoms with E-state index in [0.717, 1.165) is 11.7 Å². The van der Waals surface area contributed by atoms with Gasteiger partial charge in [0.25, 0.3) is 0 Å². The first kappa shape index (κ1) is 12.0. The predicted molar refractivity (Wildman–Crippen MR) is 56.4 cm³/mol. The number of hydrogen-bond acceptors (Lipinski definition) is 2. The van der Waals surface area contributed by atoms with Gasteiger partial charge in [-0.1, -0.05) is 39.0 Å². The molecule has 0 saturated carbocycles. The maximum atomic E-state index is 10.6. The summed E-state index contributed by atoms with van der Waals surface area (Å²) in [6.07, 6.45) is 2.53. The Morgan fingerprint density at radius 3 is 2.25 bits per heavy atom. The second kappa shape index (κ2) is 6.53. The quantitative estimate of drug-likeness (QED) is 0.658. The normalized spacial score (nSPS) is 13.4. The van der Waals surface area contributed by atoms with Crippen LogP contribution in [-0.2, 0) is 4.79 Å². The van der Waals surface area contributed by atoms with Crippen molar-refractivity contribution >= 4 is 16.9 Å². The zero-order chi connectivity index (χ0) is 9.56. The monoisotopic (exact) mass is 188 g/mol. The van der Waals surface area contributed by atoms with Crippen LogP contribution in [0.4, 0.5) is 0 Å². The van der Waals surface area contributed by atoms with Crippen LogP contribution in [-0.4, -0.2) is 10.9 Å². The van der Waals surface area contributed by atoms with E-state index in [1.165, 1.54) is 24.6 Å². The van der Waals surface area contributed by atoms with E-state index in [9.17, 15) is 4.79 Å². The molecule has 0 spiro atoms. The average molecular weight is 188 g/mol. The molecule has 0 aliphatic rings. The molecule has 0 aromatic heterocycles. The first-order valence-electron chi connectivity index (χ1n) is 4.65. The van der Waals surface area contributed by atoms with Gasteiger partial charge in [0, 0.05) is 12.7 Å². The molecule has 1 unspecified atom stereocenters. The van der Waals surface area contributed by atoms with E-state index in [-0.39, 0.29) is 5.12 Å². The minimum Gasteiger partial charge on any atom is -0.288 e. The zero-order valence-electron chi connectivity index (χ0n) is 8.59. The molecule has 0 aromatic carbocycles. The highest BCUT2D eigenvalue weighted by Gasteiger charge is 2.05. The third kappa shape index (κ3) is 8.12. The molecule has 0 saturated heterocycles. The Morgan fingerprint density at radius 2 is 1.83 bits per heavy atom. The van der Waals surface area contributed by atoms with Crippen molar-refractivity contribution in [2.24, 2.45) is 11.8 Å². The molecule has 0 rings (SSSR count). The molecule has 0 aliphatic carbocycles. The highest BCUT2D eigenvalue weighted by atomic mass is 32.2. The minimum atomic E-state index is 0.242. The smallest absolute Gasteiger partial charge is 0.185 e. The summed E-state index contributed by atoms with van der Waals surface area (Å²) in [4.78, 5) is 10.6. The predicted octanol–water partition coefficient (Wildman–Crippen LogP) is 3.34. The van der Waals surface area contributed by atoms with Gasteiger partial charge in [0.2, 0.25) is 0 Å². The lowest BCUT2D eigenvalue weighted by Crippen LogP contribution is -2.02. The van der Waals surface area contributed by atoms with Gasteiger partial charge in [0.15, 0.2) is 5.12 Å². The van der Waals surface area contributed by atoms with E-state index < -0.39 is 0 Å². The van der Waals surface area contributed by atoms with Gasteiger partial charge in [-0.05, 0) is 18.3 Å². The van der Waals surface area contributed by atoms with E-state index >= 15 is 0 Å². The molecule has 0 aromatic rings. The lowest BCUT2D eigenvalue weighted by atomic mass is 10.0. The first-order valence-corrected chi connectivity index (χ1v) is 5.64. The summed E-state index contributed by atoms with van der Waals surface area (Å²) >= 11 is 1.45. The topological polar surface area (TPSA) is 17.1 Å². The summed E-state index contributed by atoms with van der Waals surface area (Å²) < 4.78 is 0. The lowest BCUT2D eigenvalue weighted by molar-refractivity contribution is -0.109. The molecular weight excluding hydrogens is 168 g/mol. The Kier molecular flexibility index (Phi) is 6.54. The van der Waals surface area contributed by atoms with Crippen LogP contribution >= 0.6 is 11.8 Å². The summed E-state index contributed by atoms with van der Waals surface area (Å²) in [6.45, 7) is 8.34. The van der Waals surface area contributed by atoms with Crippen molar-refractivity contribution in [2.45, 2.75) is 40.5 Å². The number of thioether (sulfide) groups is 1. The van der Waals surface area contributed by atoms with Crippen molar-refractivity contribution in [2.75, 3.05) is 5.75 Å². The van der Waals surface area contributed by atoms with Gasteiger partial charge in [-0.2, -0.15) is 0 Å². The Balaban J connectivity index is 3.33. The van der Waals surface area contributed by atoms with Crippen LogP contribution < -0.4 is 0 Å². The van der Waals surface area contributed by atoms with Crippen molar-refractivity contribution in [1.29, 1.82) is 0 Å². The van der Waals surface area contributed by atoms with Gasteiger partial charge in [-0.15, -0.1) is 0 Å². The van der Waals surface area contributed by atoms with Crippen LogP contribution in [0, 0.1) is 11.8 Å². The van der Waals surface area contributed by atoms with Crippen LogP contribution in [0.2, 0.25) is 0 Å². The van der Waals surface area contributed by atoms with Gasteiger partial charge in [0.1, 0.15) is 0 Å². The van der Waals surface area contributed by atoms with Crippen molar-refractivity contribution in [1.82, 2.24) is 0 Å². The Hall–Kier alpha value is 0.0200. The van der Waals surface area contributed by atoms with E-state index in [0.29, 0.717) is 5.92 Å². The fourth-order valence-electron chi connectivity index (χ4n) is 0.961. The number of rotatable bonds is 5. The van der Waals surface area contributed by atoms with Crippen molar-refractivity contribution < 1.29 is 4.79 Å². The fourth-order valence-corrected chi connectivity index (χ4v) is 1.65. The van der Waals surface area contributed by atoms with Crippen molar-refractivity contribution in [3.8, 4) is 0 Å². The summed E-state index contributed by atoms with van der Waals surface area (Å²) in [7, 11) is 0. The third-order valence-electron chi connectivity index (χ3n) is 1.81. The van der Waals surface area contributed by atoms with Gasteiger partial charge in [-0.3, -0.25) is 4.79 Å². The van der Waals surface area contributed by atoms with E-state index in [1.807, 2.05) is 0 Å². The van der Waals surface area contributed by atoms with E-state index in [4.69, 9.17) is 0 Å². The second-order valence-electron chi connectivity index (χ2n) is 3.88. The number of carbonyl (C=O) groups excluding carboxylic acids is 1. The lowest BCUT2D eigenvalue weighted by Gasteiger charge is -2.10. The van der Waals surface area contributed by atoms with Crippen molar-refractivity contribution in [3.63, 3.8) is 0 Å². The standard InChI is InChI=1S/C10H20OS/c1-8(2)5-6-9(3)7-12-10(4)11/h8-9H,5-7H2,1-4H3. The molecule has 1 atom stereocenters. The largest absolute Gasteiger partial charge is 0.288 e. The second-order valence-corrected chi connectivity index (χ2v) is 5.08. The van der Waals surface area contributed by atoms with Gasteiger partial charge >= 0.3 is 0 Å². The summed E-state index contributed by atoms with van der Waals surface area (Å²) in [5, 5.41) is 0.242. The van der Waals surface area contributed by atoms with Gasteiger partial charge in [-0.25, -0.2) is 0 Å². The van der Waals surface area contributed by atoms with E-state index in [1.54, 1.807) is 6.92 Å².